The number of hydrogen-bond donors (Lipinski definition) is 5. The second-order valence-electron chi connectivity index (χ2n) is 25.8. The first-order valence-corrected chi connectivity index (χ1v) is 35.7. The number of aromatic nitrogens is 9. The van der Waals surface area contributed by atoms with Gasteiger partial charge in [0.2, 0.25) is 34.5 Å². The third-order valence-corrected chi connectivity index (χ3v) is 19.4. The molecule has 31 heteroatoms. The van der Waals surface area contributed by atoms with Crippen molar-refractivity contribution in [3.05, 3.63) is 212 Å². The number of methoxy groups -OCH3 is 3. The Morgan fingerprint density at radius 1 is 0.472 bits per heavy atom. The van der Waals surface area contributed by atoms with Crippen molar-refractivity contribution in [1.29, 1.82) is 0 Å². The Kier molecular flexibility index (Phi) is 22.8. The topological polar surface area (TPSA) is 338 Å². The number of carbonyl (C=O) groups excluding carboxylic acids is 3. The monoisotopic (exact) mass is 1560 g/mol. The summed E-state index contributed by atoms with van der Waals surface area (Å²) in [7, 11) is 2.90. The first-order valence-electron chi connectivity index (χ1n) is 33.8. The Bertz CT molecular complexity index is 5280. The molecule has 6 aromatic carbocycles. The van der Waals surface area contributed by atoms with Gasteiger partial charge in [0, 0.05) is 76.1 Å². The maximum absolute atomic E-state index is 13.7. The summed E-state index contributed by atoms with van der Waals surface area (Å²) in [6, 6.07) is 36.2. The quantitative estimate of drug-likeness (QED) is 0.0498. The number of ether oxygens (including phenoxy) is 3. The molecule has 15 rings (SSSR count). The van der Waals surface area contributed by atoms with Crippen LogP contribution < -0.4 is 52.3 Å². The van der Waals surface area contributed by atoms with E-state index in [1.54, 1.807) is 99.1 Å². The van der Waals surface area contributed by atoms with Crippen molar-refractivity contribution >= 4 is 131 Å². The molecule has 106 heavy (non-hydrogen) atoms. The number of halogens is 4. The molecule has 3 atom stereocenters. The van der Waals surface area contributed by atoms with E-state index in [-0.39, 0.29) is 69.8 Å². The van der Waals surface area contributed by atoms with E-state index >= 15 is 0 Å². The lowest BCUT2D eigenvalue weighted by Crippen LogP contribution is -2.31. The average molecular weight is 1560 g/mol. The minimum Gasteiger partial charge on any atom is -0.497 e. The Morgan fingerprint density at radius 3 is 1.08 bits per heavy atom. The number of hydrogen-bond acceptors (Lipinski definition) is 20. The number of anilines is 3. The van der Waals surface area contributed by atoms with Crippen LogP contribution in [0.15, 0.2) is 160 Å². The molecule has 546 valence electrons. The van der Waals surface area contributed by atoms with Crippen LogP contribution in [0.1, 0.15) is 150 Å². The SMILES string of the molecule is CC(c1ccc(Cl)cc1)n1nc(Br)c2onc(C3CC3)c2c1=O.COc1ccc(NC(C)=O)cc1-c1nn([C@@H](C)c2ccc(Cl)cc2)c(=O)c2c(C3CC3)noc12.COc1ccc(NC(C)=O)cc1-c1nn([C@H](C)c2ccc(Cl)cc2)c(=O)c2c(C3CC3)noc12.COc1ccc(NC(C)=O)cc1B(O)O. The summed E-state index contributed by atoms with van der Waals surface area (Å²) in [6.07, 6.45) is 5.96. The van der Waals surface area contributed by atoms with Gasteiger partial charge in [0.25, 0.3) is 16.7 Å². The molecule has 0 bridgehead atoms. The van der Waals surface area contributed by atoms with E-state index in [1.165, 1.54) is 48.0 Å². The van der Waals surface area contributed by atoms with Gasteiger partial charge in [0.05, 0.1) is 50.6 Å². The molecule has 3 amide bonds. The van der Waals surface area contributed by atoms with Crippen molar-refractivity contribution in [2.45, 2.75) is 116 Å². The third-order valence-electron chi connectivity index (χ3n) is 18.1. The Labute approximate surface area is 629 Å². The van der Waals surface area contributed by atoms with E-state index in [0.29, 0.717) is 127 Å². The molecule has 0 spiro atoms. The summed E-state index contributed by atoms with van der Waals surface area (Å²) >= 11 is 21.4. The predicted octanol–water partition coefficient (Wildman–Crippen LogP) is 13.9. The number of benzene rings is 6. The van der Waals surface area contributed by atoms with Crippen molar-refractivity contribution in [2.75, 3.05) is 37.3 Å². The minimum absolute atomic E-state index is 0.172. The summed E-state index contributed by atoms with van der Waals surface area (Å²) < 4.78 is 37.7. The predicted molar refractivity (Wildman–Crippen MR) is 407 cm³/mol. The van der Waals surface area contributed by atoms with E-state index in [0.717, 1.165) is 60.9 Å². The van der Waals surface area contributed by atoms with Crippen LogP contribution in [-0.4, -0.2) is 101 Å². The first-order chi connectivity index (χ1) is 50.8. The summed E-state index contributed by atoms with van der Waals surface area (Å²) in [5.74, 6) is 1.52. The van der Waals surface area contributed by atoms with E-state index < -0.39 is 7.12 Å². The van der Waals surface area contributed by atoms with E-state index in [1.807, 2.05) is 57.2 Å². The largest absolute Gasteiger partial charge is 0.497 e. The smallest absolute Gasteiger partial charge is 0.492 e. The molecule has 3 aliphatic carbocycles. The van der Waals surface area contributed by atoms with Gasteiger partial charge < -0.3 is 53.8 Å². The van der Waals surface area contributed by atoms with Crippen molar-refractivity contribution in [1.82, 2.24) is 44.8 Å². The molecule has 6 heterocycles. The van der Waals surface area contributed by atoms with Gasteiger partial charge in [-0.25, -0.2) is 14.0 Å². The Hall–Kier alpha value is -10.5. The molecule has 0 radical (unpaired) electrons. The normalized spacial score (nSPS) is 14.0. The maximum atomic E-state index is 13.7. The van der Waals surface area contributed by atoms with Crippen LogP contribution in [0.3, 0.4) is 0 Å². The maximum Gasteiger partial charge on any atom is 0.492 e. The summed E-state index contributed by atoms with van der Waals surface area (Å²) in [5.41, 5.74) is 8.99. The van der Waals surface area contributed by atoms with Gasteiger partial charge in [-0.2, -0.15) is 15.3 Å². The molecule has 12 aromatic rings. The van der Waals surface area contributed by atoms with Crippen LogP contribution in [0, 0.1) is 0 Å². The molecule has 3 saturated carbocycles. The van der Waals surface area contributed by atoms with Crippen molar-refractivity contribution in [3.63, 3.8) is 0 Å². The molecule has 26 nitrogen and oxygen atoms in total. The molecule has 0 aliphatic heterocycles. The zero-order valence-corrected chi connectivity index (χ0v) is 62.6. The fourth-order valence-corrected chi connectivity index (χ4v) is 13.0. The van der Waals surface area contributed by atoms with Crippen LogP contribution in [-0.2, 0) is 14.4 Å². The van der Waals surface area contributed by atoms with E-state index in [2.05, 4.69) is 52.4 Å². The Balaban J connectivity index is 0.000000138. The summed E-state index contributed by atoms with van der Waals surface area (Å²) in [6.45, 7) is 9.99. The van der Waals surface area contributed by atoms with Gasteiger partial charge in [-0.15, -0.1) is 0 Å². The average Bonchev–Trinajstić information content (AvgIpc) is 1.55. The van der Waals surface area contributed by atoms with E-state index in [9.17, 15) is 28.8 Å². The molecule has 3 fully saturated rings. The highest BCUT2D eigenvalue weighted by Gasteiger charge is 2.37. The van der Waals surface area contributed by atoms with Gasteiger partial charge in [0.15, 0.2) is 4.60 Å². The minimum atomic E-state index is -1.63. The second-order valence-corrected chi connectivity index (χ2v) is 27.8. The highest BCUT2D eigenvalue weighted by molar-refractivity contribution is 9.10. The third kappa shape index (κ3) is 16.5. The molecule has 5 N–H and O–H groups in total. The van der Waals surface area contributed by atoms with Crippen molar-refractivity contribution in [2.24, 2.45) is 0 Å². The summed E-state index contributed by atoms with van der Waals surface area (Å²) in [4.78, 5) is 74.3. The summed E-state index contributed by atoms with van der Waals surface area (Å²) in [5, 5.41) is 55.9. The number of nitrogens with zero attached hydrogens (tertiary/aromatic N) is 9. The van der Waals surface area contributed by atoms with Crippen LogP contribution in [0.5, 0.6) is 17.2 Å². The molecule has 0 saturated heterocycles. The van der Waals surface area contributed by atoms with Crippen molar-refractivity contribution < 1.29 is 52.2 Å². The van der Waals surface area contributed by atoms with Gasteiger partial charge in [-0.3, -0.25) is 28.8 Å². The van der Waals surface area contributed by atoms with Crippen LogP contribution >= 0.6 is 50.7 Å². The zero-order valence-electron chi connectivity index (χ0n) is 58.7. The standard InChI is InChI=1S/2C25H23ClN4O4.C16H13BrClN3O2.C9H12BNO4/c2*1-13(15-6-8-17(26)9-7-15)30-25(32)21-22(16-4-5-16)29-34-24(21)23(28-30)19-12-18(27-14(2)31)10-11-20(19)33-3;1-8(9-4-6-11(18)7-5-9)21-16(22)12-13(10-2-3-10)20-23-14(12)15(17)19-21;1-6(12)11-7-3-4-9(15-2)8(5-7)10(13)14/h2*6-13,16H,4-5H2,1-3H3,(H,27,31);4-8,10H,2-3H2,1H3;3-5,13-14H,1-2H3,(H,11,12)/t2*13-;;/m10../s1. The fourth-order valence-electron chi connectivity index (χ4n) is 12.2. The molecule has 3 aliphatic rings. The first kappa shape index (κ1) is 75.2. The lowest BCUT2D eigenvalue weighted by atomic mass is 9.79. The number of fused-ring (bicyclic) bond motifs is 3. The van der Waals surface area contributed by atoms with E-state index in [4.69, 9.17) is 82.8 Å². The lowest BCUT2D eigenvalue weighted by molar-refractivity contribution is -0.115. The van der Waals surface area contributed by atoms with Gasteiger partial charge in [-0.05, 0) is 183 Å². The number of carbonyl (C=O) groups is 3. The fraction of sp³-hybridized carbons (Fsp3) is 0.280. The van der Waals surface area contributed by atoms with Crippen molar-refractivity contribution in [3.8, 4) is 39.8 Å². The highest BCUT2D eigenvalue weighted by Crippen LogP contribution is 2.47. The number of rotatable bonds is 18. The van der Waals surface area contributed by atoms with Gasteiger partial charge in [-0.1, -0.05) is 86.7 Å². The Morgan fingerprint density at radius 2 is 0.774 bits per heavy atom. The second kappa shape index (κ2) is 32.1. The zero-order chi connectivity index (χ0) is 75.5. The molecule has 1 unspecified atom stereocenters. The van der Waals surface area contributed by atoms with Crippen LogP contribution in [0.4, 0.5) is 17.1 Å². The molecular formula is C75H71BBrCl3N12O14. The van der Waals surface area contributed by atoms with Crippen LogP contribution in [0.2, 0.25) is 15.1 Å². The number of amides is 3. The lowest BCUT2D eigenvalue weighted by Gasteiger charge is -2.17. The van der Waals surface area contributed by atoms with Gasteiger partial charge >= 0.3 is 7.12 Å². The van der Waals surface area contributed by atoms with Gasteiger partial charge in [0.1, 0.15) is 61.9 Å². The van der Waals surface area contributed by atoms with Crippen LogP contribution in [0.25, 0.3) is 55.4 Å². The number of nitrogens with one attached hydrogen (secondary N) is 3. The molecule has 6 aromatic heterocycles. The highest BCUT2D eigenvalue weighted by atomic mass is 79.9. The molecular weight excluding hydrogens is 1490 g/mol.